The zero-order valence-electron chi connectivity index (χ0n) is 16.6. The molecule has 0 heterocycles. The third-order valence-corrected chi connectivity index (χ3v) is 4.48. The largest absolute Gasteiger partial charge is 0.308 e. The Bertz CT molecular complexity index is 477. The van der Waals surface area contributed by atoms with Crippen LogP contribution in [0, 0.1) is 0 Å². The van der Waals surface area contributed by atoms with Crippen LogP contribution in [0.1, 0.15) is 57.6 Å². The Morgan fingerprint density at radius 1 is 0.958 bits per heavy atom. The van der Waals surface area contributed by atoms with Crippen molar-refractivity contribution in [2.45, 2.75) is 59.4 Å². The van der Waals surface area contributed by atoms with Crippen LogP contribution in [-0.2, 0) is 13.0 Å². The molecule has 1 aromatic carbocycles. The summed E-state index contributed by atoms with van der Waals surface area (Å²) in [7, 11) is 4.32. The van der Waals surface area contributed by atoms with Crippen LogP contribution < -0.4 is 0 Å². The van der Waals surface area contributed by atoms with Crippen molar-refractivity contribution in [1.29, 1.82) is 0 Å². The maximum absolute atomic E-state index is 2.62. The first-order valence-electron chi connectivity index (χ1n) is 9.80. The lowest BCUT2D eigenvalue weighted by atomic mass is 9.99. The highest BCUT2D eigenvalue weighted by molar-refractivity contribution is 5.23. The van der Waals surface area contributed by atoms with Crippen molar-refractivity contribution in [3.8, 4) is 0 Å². The predicted molar refractivity (Wildman–Crippen MR) is 108 cm³/mol. The van der Waals surface area contributed by atoms with Crippen molar-refractivity contribution in [3.05, 3.63) is 47.0 Å². The van der Waals surface area contributed by atoms with E-state index < -0.39 is 0 Å². The number of hydrogen-bond acceptors (Lipinski definition) is 2. The summed E-state index contributed by atoms with van der Waals surface area (Å²) < 4.78 is 0. The molecule has 2 heteroatoms. The van der Waals surface area contributed by atoms with Gasteiger partial charge in [-0.2, -0.15) is 0 Å². The molecule has 24 heavy (non-hydrogen) atoms. The molecule has 2 rings (SSSR count). The van der Waals surface area contributed by atoms with Crippen LogP contribution in [0.5, 0.6) is 0 Å². The van der Waals surface area contributed by atoms with Crippen molar-refractivity contribution in [2.24, 2.45) is 0 Å². The molecule has 0 radical (unpaired) electrons. The fraction of sp³-hybridized carbons (Fsp3) is 0.636. The van der Waals surface area contributed by atoms with Gasteiger partial charge in [0.05, 0.1) is 0 Å². The predicted octanol–water partition coefficient (Wildman–Crippen LogP) is 5.14. The van der Waals surface area contributed by atoms with Crippen molar-refractivity contribution < 1.29 is 0 Å². The lowest BCUT2D eigenvalue weighted by Crippen LogP contribution is -2.33. The molecule has 0 saturated carbocycles. The fourth-order valence-corrected chi connectivity index (χ4v) is 3.10. The number of nitrogens with zero attached hydrogens (tertiary/aromatic N) is 2. The number of allylic oxidation sites excluding steroid dienone is 1. The van der Waals surface area contributed by atoms with Gasteiger partial charge < -0.3 is 4.90 Å². The molecule has 0 bridgehead atoms. The molecule has 0 aromatic heterocycles. The molecule has 0 saturated heterocycles. The van der Waals surface area contributed by atoms with Crippen LogP contribution in [0.3, 0.4) is 0 Å². The van der Waals surface area contributed by atoms with Crippen molar-refractivity contribution in [3.63, 3.8) is 0 Å². The summed E-state index contributed by atoms with van der Waals surface area (Å²) in [5, 5.41) is 0. The number of benzene rings is 1. The smallest absolute Gasteiger partial charge is 0.0237 e. The molecule has 0 aliphatic heterocycles. The number of likely N-dealkylation sites (N-methyl/N-ethyl adjacent to an activating group) is 1. The molecular weight excluding hydrogens is 292 g/mol. The molecule has 0 fully saturated rings. The van der Waals surface area contributed by atoms with Gasteiger partial charge in [-0.25, -0.2) is 0 Å². The van der Waals surface area contributed by atoms with Crippen LogP contribution >= 0.6 is 0 Å². The van der Waals surface area contributed by atoms with Crippen LogP contribution in [-0.4, -0.2) is 43.5 Å². The molecule has 0 unspecified atom stereocenters. The molecule has 2 nitrogen and oxygen atoms in total. The molecule has 1 aromatic rings. The standard InChI is InChI=1S/C20H32N2.C2H6/c1-4-18-11-8-12-20(15-18)17-22(14-13-21(2)3)16-19-9-6-5-7-10-19;1-2/h8-9,11-12,15H,4-7,10,13-14,16-17H2,1-3H3;1-2H3. The second kappa shape index (κ2) is 12.3. The Morgan fingerprint density at radius 2 is 1.71 bits per heavy atom. The van der Waals surface area contributed by atoms with Gasteiger partial charge in [0.2, 0.25) is 0 Å². The SMILES string of the molecule is CC.CCc1cccc(CN(CCN(C)C)CC2=CCCCC2)c1. The maximum Gasteiger partial charge on any atom is 0.0237 e. The van der Waals surface area contributed by atoms with Gasteiger partial charge >= 0.3 is 0 Å². The van der Waals surface area contributed by atoms with Crippen molar-refractivity contribution in [2.75, 3.05) is 33.7 Å². The van der Waals surface area contributed by atoms with Crippen LogP contribution in [0.25, 0.3) is 0 Å². The normalized spacial score (nSPS) is 14.4. The van der Waals surface area contributed by atoms with Gasteiger partial charge in [0.15, 0.2) is 0 Å². The quantitative estimate of drug-likeness (QED) is 0.609. The molecule has 136 valence electrons. The van der Waals surface area contributed by atoms with Crippen molar-refractivity contribution >= 4 is 0 Å². The van der Waals surface area contributed by atoms with E-state index in [-0.39, 0.29) is 0 Å². The van der Waals surface area contributed by atoms with Crippen molar-refractivity contribution in [1.82, 2.24) is 9.80 Å². The summed E-state index contributed by atoms with van der Waals surface area (Å²) in [6, 6.07) is 9.09. The zero-order chi connectivity index (χ0) is 17.8. The minimum Gasteiger partial charge on any atom is -0.308 e. The minimum atomic E-state index is 1.07. The Balaban J connectivity index is 0.00000139. The Labute approximate surface area is 150 Å². The maximum atomic E-state index is 2.62. The fourth-order valence-electron chi connectivity index (χ4n) is 3.10. The molecule has 0 amide bonds. The van der Waals surface area contributed by atoms with E-state index >= 15 is 0 Å². The van der Waals surface area contributed by atoms with E-state index in [9.17, 15) is 0 Å². The average molecular weight is 331 g/mol. The Kier molecular flexibility index (Phi) is 10.7. The Morgan fingerprint density at radius 3 is 2.33 bits per heavy atom. The highest BCUT2D eigenvalue weighted by Crippen LogP contribution is 2.19. The van der Waals surface area contributed by atoms with Gasteiger partial charge in [0.1, 0.15) is 0 Å². The Hall–Kier alpha value is -1.12. The van der Waals surface area contributed by atoms with E-state index in [1.165, 1.54) is 36.8 Å². The summed E-state index contributed by atoms with van der Waals surface area (Å²) in [6.45, 7) is 10.7. The van der Waals surface area contributed by atoms with E-state index in [4.69, 9.17) is 0 Å². The van der Waals surface area contributed by atoms with Gasteiger partial charge in [-0.15, -0.1) is 0 Å². The molecule has 0 atom stereocenters. The first-order chi connectivity index (χ1) is 11.7. The van der Waals surface area contributed by atoms with Crippen LogP contribution in [0.4, 0.5) is 0 Å². The number of rotatable bonds is 8. The lowest BCUT2D eigenvalue weighted by Gasteiger charge is -2.27. The van der Waals surface area contributed by atoms with E-state index in [0.717, 1.165) is 32.6 Å². The van der Waals surface area contributed by atoms with Crippen LogP contribution in [0.2, 0.25) is 0 Å². The topological polar surface area (TPSA) is 6.48 Å². The van der Waals surface area contributed by atoms with Gasteiger partial charge in [-0.1, -0.05) is 56.7 Å². The first-order valence-corrected chi connectivity index (χ1v) is 9.80. The van der Waals surface area contributed by atoms with E-state index in [0.29, 0.717) is 0 Å². The molecule has 1 aliphatic carbocycles. The van der Waals surface area contributed by atoms with Gasteiger partial charge in [0, 0.05) is 26.2 Å². The van der Waals surface area contributed by atoms with E-state index in [1.807, 2.05) is 13.8 Å². The monoisotopic (exact) mass is 330 g/mol. The van der Waals surface area contributed by atoms with Gasteiger partial charge in [-0.3, -0.25) is 4.90 Å². The van der Waals surface area contributed by atoms with Crippen LogP contribution in [0.15, 0.2) is 35.9 Å². The second-order valence-corrected chi connectivity index (χ2v) is 6.80. The summed E-state index contributed by atoms with van der Waals surface area (Å²) in [5.74, 6) is 0. The van der Waals surface area contributed by atoms with Gasteiger partial charge in [-0.05, 0) is 57.3 Å². The summed E-state index contributed by atoms with van der Waals surface area (Å²) in [4.78, 5) is 4.90. The van der Waals surface area contributed by atoms with E-state index in [2.05, 4.69) is 61.2 Å². The summed E-state index contributed by atoms with van der Waals surface area (Å²) in [6.07, 6.45) is 8.93. The number of hydrogen-bond donors (Lipinski definition) is 0. The minimum absolute atomic E-state index is 1.07. The van der Waals surface area contributed by atoms with E-state index in [1.54, 1.807) is 5.57 Å². The summed E-state index contributed by atoms with van der Waals surface area (Å²) in [5.41, 5.74) is 4.55. The highest BCUT2D eigenvalue weighted by atomic mass is 15.2. The summed E-state index contributed by atoms with van der Waals surface area (Å²) >= 11 is 0. The molecule has 0 spiro atoms. The number of aryl methyl sites for hydroxylation is 1. The van der Waals surface area contributed by atoms with Gasteiger partial charge in [0.25, 0.3) is 0 Å². The molecule has 1 aliphatic rings. The third-order valence-electron chi connectivity index (χ3n) is 4.48. The molecular formula is C22H38N2. The second-order valence-electron chi connectivity index (χ2n) is 6.80. The zero-order valence-corrected chi connectivity index (χ0v) is 16.6. The molecule has 0 N–H and O–H groups in total. The highest BCUT2D eigenvalue weighted by Gasteiger charge is 2.11. The first kappa shape index (κ1) is 20.9. The lowest BCUT2D eigenvalue weighted by molar-refractivity contribution is 0.247. The third kappa shape index (κ3) is 8.12. The average Bonchev–Trinajstić information content (AvgIpc) is 2.62.